The molecule has 2 rings (SSSR count). The number of nitrogens with zero attached hydrogens (tertiary/aromatic N) is 2. The molecule has 0 aliphatic heterocycles. The van der Waals surface area contributed by atoms with E-state index in [9.17, 15) is 9.59 Å². The van der Waals surface area contributed by atoms with Gasteiger partial charge in [-0.2, -0.15) is 0 Å². The maximum absolute atomic E-state index is 12.5. The molecule has 1 heterocycles. The van der Waals surface area contributed by atoms with Crippen molar-refractivity contribution in [2.45, 2.75) is 38.8 Å². The van der Waals surface area contributed by atoms with Crippen LogP contribution in [0.3, 0.4) is 0 Å². The van der Waals surface area contributed by atoms with Crippen molar-refractivity contribution in [1.82, 2.24) is 14.9 Å². The van der Waals surface area contributed by atoms with E-state index < -0.39 is 5.54 Å². The van der Waals surface area contributed by atoms with Crippen molar-refractivity contribution in [3.8, 4) is 0 Å². The van der Waals surface area contributed by atoms with Gasteiger partial charge >= 0.3 is 0 Å². The molecule has 24 heavy (non-hydrogen) atoms. The number of carbonyl (C=O) groups excluding carboxylic acids is 1. The Morgan fingerprint density at radius 1 is 1.38 bits per heavy atom. The third-order valence-corrected chi connectivity index (χ3v) is 4.74. The SMILES string of the molecule is CCC(CC)(CN)NC(=O)Cn1cnc2ccc(Br)cc2c1=O.Cl. The van der Waals surface area contributed by atoms with E-state index >= 15 is 0 Å². The van der Waals surface area contributed by atoms with Crippen LogP contribution < -0.4 is 16.6 Å². The molecule has 0 aliphatic rings. The molecule has 2 aromatic rings. The number of benzene rings is 1. The molecule has 0 saturated carbocycles. The summed E-state index contributed by atoms with van der Waals surface area (Å²) in [6.07, 6.45) is 2.88. The number of amides is 1. The van der Waals surface area contributed by atoms with Crippen LogP contribution in [0.4, 0.5) is 0 Å². The van der Waals surface area contributed by atoms with E-state index in [0.717, 1.165) is 17.3 Å². The molecular weight excluding hydrogens is 396 g/mol. The van der Waals surface area contributed by atoms with E-state index in [-0.39, 0.29) is 30.4 Å². The second-order valence-corrected chi connectivity index (χ2v) is 6.49. The molecule has 0 fully saturated rings. The van der Waals surface area contributed by atoms with Crippen molar-refractivity contribution in [2.75, 3.05) is 6.54 Å². The summed E-state index contributed by atoms with van der Waals surface area (Å²) in [5.41, 5.74) is 5.73. The Morgan fingerprint density at radius 3 is 2.62 bits per heavy atom. The fourth-order valence-electron chi connectivity index (χ4n) is 2.50. The molecule has 1 amide bonds. The standard InChI is InChI=1S/C16H21BrN4O2.ClH/c1-3-16(4-2,9-18)20-14(22)8-21-10-19-13-6-5-11(17)7-12(13)15(21)23;/h5-7,10H,3-4,8-9,18H2,1-2H3,(H,20,22);1H. The van der Waals surface area contributed by atoms with Crippen LogP contribution in [0.1, 0.15) is 26.7 Å². The van der Waals surface area contributed by atoms with Gasteiger partial charge in [-0.3, -0.25) is 14.2 Å². The normalized spacial score (nSPS) is 11.2. The zero-order valence-electron chi connectivity index (χ0n) is 13.7. The number of nitrogens with two attached hydrogens (primary N) is 1. The van der Waals surface area contributed by atoms with Crippen LogP contribution in [-0.4, -0.2) is 27.5 Å². The first-order valence-electron chi connectivity index (χ1n) is 7.60. The fraction of sp³-hybridized carbons (Fsp3) is 0.438. The lowest BCUT2D eigenvalue weighted by atomic mass is 9.93. The van der Waals surface area contributed by atoms with E-state index in [4.69, 9.17) is 5.73 Å². The van der Waals surface area contributed by atoms with Crippen molar-refractivity contribution >= 4 is 45.1 Å². The van der Waals surface area contributed by atoms with Crippen LogP contribution in [0.5, 0.6) is 0 Å². The minimum absolute atomic E-state index is 0. The highest BCUT2D eigenvalue weighted by molar-refractivity contribution is 9.10. The first kappa shape index (κ1) is 20.6. The Kier molecular flexibility index (Phi) is 7.38. The Bertz CT molecular complexity index is 766. The maximum atomic E-state index is 12.5. The second kappa shape index (κ2) is 8.60. The molecular formula is C16H22BrClN4O2. The summed E-state index contributed by atoms with van der Waals surface area (Å²) in [6, 6.07) is 5.30. The Balaban J connectivity index is 0.00000288. The lowest BCUT2D eigenvalue weighted by Gasteiger charge is -2.31. The quantitative estimate of drug-likeness (QED) is 0.754. The summed E-state index contributed by atoms with van der Waals surface area (Å²) >= 11 is 3.34. The summed E-state index contributed by atoms with van der Waals surface area (Å²) in [4.78, 5) is 29.0. The summed E-state index contributed by atoms with van der Waals surface area (Å²) < 4.78 is 2.11. The number of rotatable bonds is 6. The van der Waals surface area contributed by atoms with E-state index in [1.165, 1.54) is 10.9 Å². The van der Waals surface area contributed by atoms with Crippen molar-refractivity contribution in [3.05, 3.63) is 39.4 Å². The van der Waals surface area contributed by atoms with Crippen LogP contribution in [-0.2, 0) is 11.3 Å². The van der Waals surface area contributed by atoms with Gasteiger partial charge < -0.3 is 11.1 Å². The molecule has 0 bridgehead atoms. The summed E-state index contributed by atoms with van der Waals surface area (Å²) in [6.45, 7) is 4.26. The van der Waals surface area contributed by atoms with E-state index in [0.29, 0.717) is 17.4 Å². The first-order valence-corrected chi connectivity index (χ1v) is 8.39. The van der Waals surface area contributed by atoms with Gasteiger partial charge in [-0.25, -0.2) is 4.98 Å². The average molecular weight is 418 g/mol. The van der Waals surface area contributed by atoms with E-state index in [1.54, 1.807) is 12.1 Å². The highest BCUT2D eigenvalue weighted by atomic mass is 79.9. The predicted octanol–water partition coefficient (Wildman–Crippen LogP) is 2.21. The maximum Gasteiger partial charge on any atom is 0.261 e. The van der Waals surface area contributed by atoms with Crippen LogP contribution >= 0.6 is 28.3 Å². The van der Waals surface area contributed by atoms with E-state index in [1.807, 2.05) is 19.9 Å². The van der Waals surface area contributed by atoms with Gasteiger partial charge in [0.05, 0.1) is 22.8 Å². The molecule has 0 spiro atoms. The molecule has 3 N–H and O–H groups in total. The molecule has 6 nitrogen and oxygen atoms in total. The molecule has 1 aromatic carbocycles. The largest absolute Gasteiger partial charge is 0.348 e. The lowest BCUT2D eigenvalue weighted by molar-refractivity contribution is -0.123. The van der Waals surface area contributed by atoms with Crippen molar-refractivity contribution in [2.24, 2.45) is 5.73 Å². The number of halogens is 2. The van der Waals surface area contributed by atoms with Gasteiger partial charge in [-0.1, -0.05) is 29.8 Å². The summed E-state index contributed by atoms with van der Waals surface area (Å²) in [5.74, 6) is -0.239. The average Bonchev–Trinajstić information content (AvgIpc) is 2.56. The van der Waals surface area contributed by atoms with Gasteiger partial charge in [0.25, 0.3) is 5.56 Å². The Hall–Kier alpha value is -1.44. The van der Waals surface area contributed by atoms with Gasteiger partial charge in [0, 0.05) is 11.0 Å². The number of fused-ring (bicyclic) bond motifs is 1. The second-order valence-electron chi connectivity index (χ2n) is 5.58. The van der Waals surface area contributed by atoms with Crippen molar-refractivity contribution in [1.29, 1.82) is 0 Å². The number of nitrogens with one attached hydrogen (secondary N) is 1. The first-order chi connectivity index (χ1) is 10.9. The summed E-state index contributed by atoms with van der Waals surface area (Å²) in [7, 11) is 0. The van der Waals surface area contributed by atoms with Gasteiger partial charge in [0.2, 0.25) is 5.91 Å². The number of hydrogen-bond acceptors (Lipinski definition) is 4. The predicted molar refractivity (Wildman–Crippen MR) is 101 cm³/mol. The Morgan fingerprint density at radius 2 is 2.04 bits per heavy atom. The lowest BCUT2D eigenvalue weighted by Crippen LogP contribution is -2.54. The summed E-state index contributed by atoms with van der Waals surface area (Å²) in [5, 5.41) is 3.43. The van der Waals surface area contributed by atoms with Crippen LogP contribution in [0.15, 0.2) is 33.8 Å². The molecule has 0 aliphatic carbocycles. The van der Waals surface area contributed by atoms with Gasteiger partial charge in [-0.15, -0.1) is 12.4 Å². The number of aromatic nitrogens is 2. The smallest absolute Gasteiger partial charge is 0.261 e. The molecule has 0 atom stereocenters. The minimum atomic E-state index is -0.423. The van der Waals surface area contributed by atoms with Gasteiger partial charge in [0.1, 0.15) is 6.54 Å². The topological polar surface area (TPSA) is 90.0 Å². The zero-order valence-corrected chi connectivity index (χ0v) is 16.1. The molecule has 0 unspecified atom stereocenters. The molecule has 1 aromatic heterocycles. The van der Waals surface area contributed by atoms with Crippen molar-refractivity contribution in [3.63, 3.8) is 0 Å². The van der Waals surface area contributed by atoms with Crippen LogP contribution in [0.2, 0.25) is 0 Å². The third-order valence-electron chi connectivity index (χ3n) is 4.25. The van der Waals surface area contributed by atoms with E-state index in [2.05, 4.69) is 26.2 Å². The van der Waals surface area contributed by atoms with Gasteiger partial charge in [0.15, 0.2) is 0 Å². The molecule has 8 heteroatoms. The number of hydrogen-bond donors (Lipinski definition) is 2. The molecule has 0 radical (unpaired) electrons. The monoisotopic (exact) mass is 416 g/mol. The molecule has 0 saturated heterocycles. The minimum Gasteiger partial charge on any atom is -0.348 e. The Labute approximate surface area is 155 Å². The van der Waals surface area contributed by atoms with Crippen LogP contribution in [0.25, 0.3) is 10.9 Å². The fourth-order valence-corrected chi connectivity index (χ4v) is 2.86. The third kappa shape index (κ3) is 4.34. The number of carbonyl (C=O) groups is 1. The molecule has 132 valence electrons. The highest BCUT2D eigenvalue weighted by Crippen LogP contribution is 2.15. The highest BCUT2D eigenvalue weighted by Gasteiger charge is 2.26. The van der Waals surface area contributed by atoms with Gasteiger partial charge in [-0.05, 0) is 31.0 Å². The zero-order chi connectivity index (χ0) is 17.0. The van der Waals surface area contributed by atoms with Crippen LogP contribution in [0, 0.1) is 0 Å². The van der Waals surface area contributed by atoms with Crippen molar-refractivity contribution < 1.29 is 4.79 Å².